The monoisotopic (exact) mass is 551 g/mol. The van der Waals surface area contributed by atoms with Crippen LogP contribution >= 0.6 is 0 Å². The van der Waals surface area contributed by atoms with E-state index in [1.54, 1.807) is 24.1 Å². The summed E-state index contributed by atoms with van der Waals surface area (Å²) in [5, 5.41) is 2.38. The van der Waals surface area contributed by atoms with Gasteiger partial charge < -0.3 is 10.2 Å². The molecule has 7 nitrogen and oxygen atoms in total. The van der Waals surface area contributed by atoms with Crippen molar-refractivity contribution in [3.63, 3.8) is 0 Å². The first kappa shape index (κ1) is 28.0. The SMILES string of the molecule is CC(NC(=O)c1cc(C(F)(F)F)cc(C(F)(F)F)c1)c1nccnc1-c1ccc(C(=O)N(C)CC2CC2)cn1. The number of amides is 2. The van der Waals surface area contributed by atoms with E-state index < -0.39 is 41.0 Å². The zero-order valence-corrected chi connectivity index (χ0v) is 20.8. The maximum atomic E-state index is 13.2. The number of nitrogens with zero attached hydrogens (tertiary/aromatic N) is 4. The fourth-order valence-corrected chi connectivity index (χ4v) is 3.95. The minimum absolute atomic E-state index is 0.0508. The number of pyridine rings is 1. The van der Waals surface area contributed by atoms with E-state index in [9.17, 15) is 35.9 Å². The Labute approximate surface area is 219 Å². The summed E-state index contributed by atoms with van der Waals surface area (Å²) in [6.45, 7) is 2.11. The number of halogens is 6. The fourth-order valence-electron chi connectivity index (χ4n) is 3.95. The average Bonchev–Trinajstić information content (AvgIpc) is 3.71. The highest BCUT2D eigenvalue weighted by atomic mass is 19.4. The number of nitrogens with one attached hydrogen (secondary N) is 1. The second-order valence-electron chi connectivity index (χ2n) is 9.34. The molecule has 0 aliphatic heterocycles. The minimum atomic E-state index is -5.09. The van der Waals surface area contributed by atoms with E-state index in [1.807, 2.05) is 0 Å². The van der Waals surface area contributed by atoms with Crippen LogP contribution in [0.5, 0.6) is 0 Å². The molecule has 39 heavy (non-hydrogen) atoms. The molecule has 1 saturated carbocycles. The van der Waals surface area contributed by atoms with Crippen LogP contribution in [-0.2, 0) is 12.4 Å². The van der Waals surface area contributed by atoms with Crippen LogP contribution < -0.4 is 5.32 Å². The van der Waals surface area contributed by atoms with Gasteiger partial charge in [-0.25, -0.2) is 0 Å². The molecule has 1 N–H and O–H groups in total. The van der Waals surface area contributed by atoms with Gasteiger partial charge in [0, 0.05) is 37.7 Å². The van der Waals surface area contributed by atoms with E-state index in [0.29, 0.717) is 35.9 Å². The Morgan fingerprint density at radius 3 is 2.10 bits per heavy atom. The molecule has 1 aliphatic rings. The Morgan fingerprint density at radius 1 is 0.949 bits per heavy atom. The van der Waals surface area contributed by atoms with Gasteiger partial charge in [-0.3, -0.25) is 24.5 Å². The number of hydrogen-bond acceptors (Lipinski definition) is 5. The van der Waals surface area contributed by atoms with Gasteiger partial charge in [-0.2, -0.15) is 26.3 Å². The van der Waals surface area contributed by atoms with Gasteiger partial charge in [-0.05, 0) is 56.0 Å². The third-order valence-corrected chi connectivity index (χ3v) is 6.16. The molecule has 1 aliphatic carbocycles. The predicted octanol–water partition coefficient (Wildman–Crippen LogP) is 5.55. The lowest BCUT2D eigenvalue weighted by molar-refractivity contribution is -0.143. The van der Waals surface area contributed by atoms with E-state index >= 15 is 0 Å². The second-order valence-corrected chi connectivity index (χ2v) is 9.34. The Hall–Kier alpha value is -4.03. The van der Waals surface area contributed by atoms with Gasteiger partial charge >= 0.3 is 12.4 Å². The highest BCUT2D eigenvalue weighted by molar-refractivity contribution is 5.95. The summed E-state index contributed by atoms with van der Waals surface area (Å²) in [4.78, 5) is 39.7. The van der Waals surface area contributed by atoms with Crippen molar-refractivity contribution in [1.29, 1.82) is 0 Å². The molecule has 0 spiro atoms. The van der Waals surface area contributed by atoms with Crippen LogP contribution in [0.2, 0.25) is 0 Å². The maximum Gasteiger partial charge on any atom is 0.416 e. The Morgan fingerprint density at radius 2 is 1.56 bits per heavy atom. The zero-order valence-electron chi connectivity index (χ0n) is 20.8. The summed E-state index contributed by atoms with van der Waals surface area (Å²) in [5.41, 5.74) is -2.96. The Kier molecular flexibility index (Phi) is 7.62. The van der Waals surface area contributed by atoms with Gasteiger partial charge in [0.05, 0.1) is 34.1 Å². The summed E-state index contributed by atoms with van der Waals surface area (Å²) in [6.07, 6.45) is -3.94. The molecule has 3 aromatic rings. The smallest absolute Gasteiger partial charge is 0.344 e. The van der Waals surface area contributed by atoms with Crippen LogP contribution in [-0.4, -0.2) is 45.3 Å². The summed E-state index contributed by atoms with van der Waals surface area (Å²) >= 11 is 0. The van der Waals surface area contributed by atoms with Crippen LogP contribution in [0.4, 0.5) is 26.3 Å². The van der Waals surface area contributed by atoms with Crippen molar-refractivity contribution in [2.45, 2.75) is 38.2 Å². The number of aromatic nitrogens is 3. The second kappa shape index (κ2) is 10.6. The molecule has 0 bridgehead atoms. The van der Waals surface area contributed by atoms with E-state index in [4.69, 9.17) is 0 Å². The molecule has 1 aromatic carbocycles. The molecular formula is C26H23F6N5O2. The third-order valence-electron chi connectivity index (χ3n) is 6.16. The summed E-state index contributed by atoms with van der Waals surface area (Å²) in [7, 11) is 1.71. The van der Waals surface area contributed by atoms with E-state index in [1.165, 1.54) is 25.5 Å². The first-order chi connectivity index (χ1) is 18.2. The molecule has 206 valence electrons. The molecule has 0 saturated heterocycles. The third kappa shape index (κ3) is 6.70. The molecule has 1 unspecified atom stereocenters. The van der Waals surface area contributed by atoms with Crippen LogP contribution in [0.15, 0.2) is 48.9 Å². The van der Waals surface area contributed by atoms with Crippen LogP contribution in [0, 0.1) is 5.92 Å². The average molecular weight is 551 g/mol. The number of benzene rings is 1. The fraction of sp³-hybridized carbons (Fsp3) is 0.346. The molecular weight excluding hydrogens is 528 g/mol. The standard InChI is InChI=1S/C26H23F6N5O2/c1-14(36-23(38)17-9-18(25(27,28)29)11-19(10-17)26(30,31)32)21-22(34-8-7-33-21)20-6-5-16(12-35-20)24(39)37(2)13-15-3-4-15/h5-12,14-15H,3-4,13H2,1-2H3,(H,36,38). The van der Waals surface area contributed by atoms with Crippen LogP contribution in [0.3, 0.4) is 0 Å². The van der Waals surface area contributed by atoms with Crippen molar-refractivity contribution in [2.24, 2.45) is 5.92 Å². The molecule has 1 atom stereocenters. The van der Waals surface area contributed by atoms with Crippen LogP contribution in [0.25, 0.3) is 11.4 Å². The zero-order chi connectivity index (χ0) is 28.5. The van der Waals surface area contributed by atoms with E-state index in [0.717, 1.165) is 12.8 Å². The van der Waals surface area contributed by atoms with Gasteiger partial charge in [0.2, 0.25) is 0 Å². The molecule has 0 radical (unpaired) electrons. The molecule has 2 aromatic heterocycles. The van der Waals surface area contributed by atoms with Crippen molar-refractivity contribution < 1.29 is 35.9 Å². The summed E-state index contributed by atoms with van der Waals surface area (Å²) in [5.74, 6) is -0.843. The highest BCUT2D eigenvalue weighted by Gasteiger charge is 2.37. The largest absolute Gasteiger partial charge is 0.416 e. The Bertz CT molecular complexity index is 1340. The molecule has 4 rings (SSSR count). The normalized spacial score (nSPS) is 14.6. The van der Waals surface area contributed by atoms with E-state index in [2.05, 4.69) is 20.3 Å². The number of rotatable bonds is 7. The summed E-state index contributed by atoms with van der Waals surface area (Å²) in [6, 6.07) is 2.79. The molecule has 13 heteroatoms. The lowest BCUT2D eigenvalue weighted by Gasteiger charge is -2.18. The van der Waals surface area contributed by atoms with Gasteiger partial charge in [-0.1, -0.05) is 0 Å². The highest BCUT2D eigenvalue weighted by Crippen LogP contribution is 2.36. The topological polar surface area (TPSA) is 88.1 Å². The van der Waals surface area contributed by atoms with Gasteiger partial charge in [0.15, 0.2) is 0 Å². The lowest BCUT2D eigenvalue weighted by atomic mass is 10.0. The number of carbonyl (C=O) groups excluding carboxylic acids is 2. The maximum absolute atomic E-state index is 13.2. The van der Waals surface area contributed by atoms with E-state index in [-0.39, 0.29) is 23.4 Å². The number of carbonyl (C=O) groups is 2. The van der Waals surface area contributed by atoms with Crippen molar-refractivity contribution in [3.8, 4) is 11.4 Å². The predicted molar refractivity (Wildman–Crippen MR) is 127 cm³/mol. The first-order valence-corrected chi connectivity index (χ1v) is 11.9. The van der Waals surface area contributed by atoms with Crippen LogP contribution in [0.1, 0.15) is 63.3 Å². The number of hydrogen-bond donors (Lipinski definition) is 1. The quantitative estimate of drug-likeness (QED) is 0.389. The van der Waals surface area contributed by atoms with Crippen molar-refractivity contribution >= 4 is 11.8 Å². The molecule has 1 fully saturated rings. The lowest BCUT2D eigenvalue weighted by Crippen LogP contribution is -2.29. The van der Waals surface area contributed by atoms with Crippen molar-refractivity contribution in [3.05, 3.63) is 76.9 Å². The van der Waals surface area contributed by atoms with Gasteiger partial charge in [-0.15, -0.1) is 0 Å². The van der Waals surface area contributed by atoms with Gasteiger partial charge in [0.1, 0.15) is 5.69 Å². The summed E-state index contributed by atoms with van der Waals surface area (Å²) < 4.78 is 79.2. The molecule has 2 heterocycles. The van der Waals surface area contributed by atoms with Gasteiger partial charge in [0.25, 0.3) is 11.8 Å². The number of alkyl halides is 6. The molecule has 2 amide bonds. The minimum Gasteiger partial charge on any atom is -0.344 e. The Balaban J connectivity index is 1.56. The first-order valence-electron chi connectivity index (χ1n) is 11.9. The van der Waals surface area contributed by atoms with Crippen molar-refractivity contribution in [1.82, 2.24) is 25.2 Å². The van der Waals surface area contributed by atoms with Crippen molar-refractivity contribution in [2.75, 3.05) is 13.6 Å².